The standard InChI is InChI=1S/C55H82N15O16PS/c1-7-11-35-49(79)65-37-24-34-33-14-13-31(62-42(73)12-10-18-59-87(84,60-19-17-55(5,6)86-9-3)61-20-21-69-45(76)15-16-46(69)77)22-36(33)67-53(34)88(85)29-39(63-43(74)26-58-52(82)47(30(4)8-2)68-44(75)27-57-48(37)78)50(80)66-38(25-41(56)72)54(83)70-28-32(71)23-40(70)51(81)64-35/h13-16,22,30,32,35,37-40,47,67,71H,7-12,17-21,23-29H2,1-6H3,(H2,56,72)(H,57,78)(H,58,82)(H,62,73)(H,63,74)(H,64,81)(H,65,79)(H,66,80)(H,68,75)(H3,59,60,61,84)/t30-,32+,35-,37-,38?,39-,40-,47-,87?,88?/m0/s1. The van der Waals surface area contributed by atoms with Crippen LogP contribution < -0.4 is 63.5 Å². The molecule has 0 aliphatic carbocycles. The average Bonchev–Trinajstić information content (AvgIpc) is 2.24. The Morgan fingerprint density at radius 1 is 0.841 bits per heavy atom. The first-order valence-electron chi connectivity index (χ1n) is 29.3. The number of nitrogens with two attached hydrogens (primary N) is 1. The lowest BCUT2D eigenvalue weighted by Crippen LogP contribution is -2.61. The predicted molar refractivity (Wildman–Crippen MR) is 319 cm³/mol. The first-order chi connectivity index (χ1) is 41.6. The number of nitrogens with zero attached hydrogens (tertiary/aromatic N) is 2. The van der Waals surface area contributed by atoms with E-state index >= 15 is 4.55 Å². The van der Waals surface area contributed by atoms with Gasteiger partial charge in [0.2, 0.25) is 64.1 Å². The molecule has 0 radical (unpaired) electrons. The number of fused-ring (bicyclic) bond motifs is 5. The molecule has 3 unspecified atom stereocenters. The summed E-state index contributed by atoms with van der Waals surface area (Å²) in [6.07, 6.45) is 0.487. The van der Waals surface area contributed by atoms with Crippen molar-refractivity contribution in [2.45, 2.75) is 152 Å². The maximum Gasteiger partial charge on any atom is 0.279 e. The Morgan fingerprint density at radius 2 is 1.50 bits per heavy atom. The number of hydrogen-bond acceptors (Lipinski definition) is 16. The van der Waals surface area contributed by atoms with Crippen molar-refractivity contribution >= 4 is 106 Å². The highest BCUT2D eigenvalue weighted by atomic mass is 32.2. The molecule has 1 saturated heterocycles. The smallest absolute Gasteiger partial charge is 0.279 e. The van der Waals surface area contributed by atoms with Gasteiger partial charge in [-0.05, 0) is 58.1 Å². The van der Waals surface area contributed by atoms with Crippen LogP contribution in [-0.4, -0.2) is 201 Å². The largest absolute Gasteiger partial charge is 0.610 e. The van der Waals surface area contributed by atoms with E-state index in [9.17, 15) is 67.2 Å². The SMILES string of the molecule is CCC[C@@H]1NC(=O)[C@@H]2C[C@@H](O)CN2C(=O)C(CC(N)=O)NC(=O)[C@@H]2C[S+]([O-])c3[nH]c4cc(NC(=O)CCCNP(=O)(NCCN5C(=O)C=CC5=O)NCCC(C)(C)OCC)ccc4c3C[C@H](NC1=O)C(=O)NCC(=O)N[C@@H]([C@@H](C)CC)C(=O)NCC(=O)N2. The van der Waals surface area contributed by atoms with Gasteiger partial charge in [-0.3, -0.25) is 67.0 Å². The summed E-state index contributed by atoms with van der Waals surface area (Å²) < 4.78 is 35.0. The van der Waals surface area contributed by atoms with E-state index in [0.29, 0.717) is 25.9 Å². The number of carbonyl (C=O) groups is 12. The Balaban J connectivity index is 1.35. The number of carbonyl (C=O) groups excluding carboxylic acids is 12. The highest BCUT2D eigenvalue weighted by molar-refractivity contribution is 7.91. The maximum absolute atomic E-state index is 15.1. The fourth-order valence-electron chi connectivity index (χ4n) is 10.4. The van der Waals surface area contributed by atoms with Crippen molar-refractivity contribution in [1.82, 2.24) is 67.3 Å². The van der Waals surface area contributed by atoms with E-state index in [4.69, 9.17) is 10.5 Å². The Bertz CT molecular complexity index is 3030. The summed E-state index contributed by atoms with van der Waals surface area (Å²) in [6.45, 7) is 9.44. The zero-order valence-electron chi connectivity index (χ0n) is 50.1. The van der Waals surface area contributed by atoms with Crippen LogP contribution in [0.5, 0.6) is 0 Å². The van der Waals surface area contributed by atoms with Crippen molar-refractivity contribution in [1.29, 1.82) is 0 Å². The monoisotopic (exact) mass is 1270 g/mol. The lowest BCUT2D eigenvalue weighted by atomic mass is 9.98. The Kier molecular flexibility index (Phi) is 25.2. The predicted octanol–water partition coefficient (Wildman–Crippen LogP) is -3.09. The molecule has 1 aromatic carbocycles. The molecule has 31 nitrogen and oxygen atoms in total. The molecule has 2 aromatic rings. The highest BCUT2D eigenvalue weighted by Crippen LogP contribution is 2.33. The summed E-state index contributed by atoms with van der Waals surface area (Å²) in [5.74, 6) is -11.5. The van der Waals surface area contributed by atoms with E-state index in [1.54, 1.807) is 20.8 Å². The molecule has 0 saturated carbocycles. The summed E-state index contributed by atoms with van der Waals surface area (Å²) in [7, 11) is -3.60. The molecule has 6 rings (SSSR count). The minimum absolute atomic E-state index is 0.0219. The van der Waals surface area contributed by atoms with Crippen molar-refractivity contribution < 1.29 is 76.5 Å². The summed E-state index contributed by atoms with van der Waals surface area (Å²) in [4.78, 5) is 169. The summed E-state index contributed by atoms with van der Waals surface area (Å²) >= 11 is -2.43. The van der Waals surface area contributed by atoms with Gasteiger partial charge < -0.3 is 72.5 Å². The van der Waals surface area contributed by atoms with Gasteiger partial charge in [-0.2, -0.15) is 0 Å². The van der Waals surface area contributed by atoms with Crippen molar-refractivity contribution in [3.05, 3.63) is 35.9 Å². The number of benzene rings is 1. The van der Waals surface area contributed by atoms with Crippen molar-refractivity contribution in [3.63, 3.8) is 0 Å². The number of aliphatic hydroxyl groups is 1. The molecule has 10 atom stereocenters. The zero-order valence-corrected chi connectivity index (χ0v) is 51.8. The topological polar surface area (TPSA) is 455 Å². The number of nitrogens with one attached hydrogen (secondary N) is 12. The van der Waals surface area contributed by atoms with E-state index in [1.165, 1.54) is 18.2 Å². The van der Waals surface area contributed by atoms with Gasteiger partial charge in [-0.25, -0.2) is 15.3 Å². The number of aliphatic hydroxyl groups excluding tert-OH is 1. The van der Waals surface area contributed by atoms with Crippen LogP contribution in [0.25, 0.3) is 10.9 Å². The number of imide groups is 1. The first-order valence-corrected chi connectivity index (χ1v) is 32.4. The molecular weight excluding hydrogens is 1190 g/mol. The molecule has 4 aliphatic rings. The van der Waals surface area contributed by atoms with Crippen LogP contribution in [0, 0.1) is 5.92 Å². The van der Waals surface area contributed by atoms with Crippen LogP contribution >= 0.6 is 7.59 Å². The molecule has 33 heteroatoms. The van der Waals surface area contributed by atoms with Crippen LogP contribution in [0.4, 0.5) is 5.69 Å². The number of aromatic nitrogens is 1. The van der Waals surface area contributed by atoms with Crippen LogP contribution in [0.1, 0.15) is 98.5 Å². The van der Waals surface area contributed by atoms with Gasteiger partial charge in [0.1, 0.15) is 36.0 Å². The zero-order chi connectivity index (χ0) is 64.6. The second-order valence-electron chi connectivity index (χ2n) is 22.5. The van der Waals surface area contributed by atoms with E-state index < -0.39 is 182 Å². The number of primary amides is 1. The van der Waals surface area contributed by atoms with Gasteiger partial charge in [-0.15, -0.1) is 0 Å². The number of rotatable bonds is 22. The van der Waals surface area contributed by atoms with Crippen LogP contribution in [0.15, 0.2) is 35.4 Å². The second kappa shape index (κ2) is 31.7. The van der Waals surface area contributed by atoms with Crippen molar-refractivity contribution in [3.8, 4) is 0 Å². The van der Waals surface area contributed by atoms with E-state index in [1.807, 2.05) is 20.8 Å². The van der Waals surface area contributed by atoms with E-state index in [0.717, 1.165) is 22.0 Å². The first kappa shape index (κ1) is 69.8. The lowest BCUT2D eigenvalue weighted by Gasteiger charge is -2.30. The van der Waals surface area contributed by atoms with Gasteiger partial charge in [-0.1, -0.05) is 39.7 Å². The van der Waals surface area contributed by atoms with Gasteiger partial charge in [0.05, 0.1) is 36.7 Å². The molecule has 2 bridgehead atoms. The molecule has 1 aromatic heterocycles. The fourth-order valence-corrected chi connectivity index (χ4v) is 13.4. The minimum atomic E-state index is -3.60. The quantitative estimate of drug-likeness (QED) is 0.0240. The molecule has 4 aliphatic heterocycles. The third-order valence-electron chi connectivity index (χ3n) is 15.2. The highest BCUT2D eigenvalue weighted by Gasteiger charge is 2.44. The molecule has 5 heterocycles. The molecular formula is C55H82N15O16PS. The minimum Gasteiger partial charge on any atom is -0.610 e. The summed E-state index contributed by atoms with van der Waals surface area (Å²) in [6, 6.07) is -4.91. The third kappa shape index (κ3) is 19.3. The molecule has 88 heavy (non-hydrogen) atoms. The van der Waals surface area contributed by atoms with Crippen LogP contribution in [-0.2, 0) is 84.4 Å². The summed E-state index contributed by atoms with van der Waals surface area (Å²) in [5, 5.41) is 40.2. The lowest BCUT2D eigenvalue weighted by molar-refractivity contribution is -0.143. The molecule has 484 valence electrons. The maximum atomic E-state index is 15.1. The number of aromatic amines is 1. The normalized spacial score (nSPS) is 24.9. The number of anilines is 1. The molecule has 15 N–H and O–H groups in total. The Labute approximate surface area is 511 Å². The van der Waals surface area contributed by atoms with Crippen molar-refractivity contribution in [2.75, 3.05) is 63.5 Å². The number of amides is 12. The number of ether oxygens (including phenoxy) is 1. The second-order valence-corrected chi connectivity index (χ2v) is 26.1. The average molecular weight is 1270 g/mol. The Hall–Kier alpha value is -7.32. The third-order valence-corrected chi connectivity index (χ3v) is 18.7. The van der Waals surface area contributed by atoms with Gasteiger partial charge in [0, 0.05) is 98.6 Å². The van der Waals surface area contributed by atoms with Crippen molar-refractivity contribution in [2.24, 2.45) is 11.7 Å². The summed E-state index contributed by atoms with van der Waals surface area (Å²) in [5.41, 5.74) is 5.55. The van der Waals surface area contributed by atoms with Gasteiger partial charge in [0.25, 0.3) is 19.4 Å². The Morgan fingerprint density at radius 3 is 2.17 bits per heavy atom. The molecule has 0 spiro atoms. The fraction of sp³-hybridized carbons (Fsp3) is 0.600. The van der Waals surface area contributed by atoms with Gasteiger partial charge >= 0.3 is 0 Å². The van der Waals surface area contributed by atoms with Crippen LogP contribution in [0.2, 0.25) is 0 Å². The van der Waals surface area contributed by atoms with Gasteiger partial charge in [0.15, 0.2) is 6.04 Å². The van der Waals surface area contributed by atoms with E-state index in [2.05, 4.69) is 62.8 Å². The van der Waals surface area contributed by atoms with E-state index in [-0.39, 0.29) is 79.0 Å². The molecule has 1 fully saturated rings. The molecule has 12 amide bonds. The number of hydrogen-bond donors (Lipinski definition) is 14. The number of H-pyrrole nitrogens is 1. The van der Waals surface area contributed by atoms with Crippen LogP contribution in [0.3, 0.4) is 0 Å².